The molecule has 4 heterocycles. The number of benzene rings is 1. The molecule has 1 aliphatic rings. The SMILES string of the molecule is Cc1cn2nc(-c3cc(N)c4c(=O)n([C@@H]5CCNC5)ccc4c3)cc(C)c2n1. The maximum absolute atomic E-state index is 13.0. The van der Waals surface area contributed by atoms with Gasteiger partial charge in [-0.2, -0.15) is 5.10 Å². The molecular formula is C21H22N6O. The Hall–Kier alpha value is -3.19. The number of anilines is 1. The second kappa shape index (κ2) is 6.17. The number of aryl methyl sites for hydroxylation is 2. The van der Waals surface area contributed by atoms with E-state index in [9.17, 15) is 4.79 Å². The van der Waals surface area contributed by atoms with Crippen LogP contribution in [0, 0.1) is 13.8 Å². The van der Waals surface area contributed by atoms with Gasteiger partial charge >= 0.3 is 0 Å². The van der Waals surface area contributed by atoms with Gasteiger partial charge < -0.3 is 15.6 Å². The van der Waals surface area contributed by atoms with Crippen LogP contribution < -0.4 is 16.6 Å². The highest BCUT2D eigenvalue weighted by atomic mass is 16.1. The Morgan fingerprint density at radius 3 is 2.89 bits per heavy atom. The van der Waals surface area contributed by atoms with Crippen molar-refractivity contribution in [1.82, 2.24) is 24.5 Å². The molecule has 0 saturated carbocycles. The molecule has 1 aliphatic heterocycles. The van der Waals surface area contributed by atoms with E-state index in [0.717, 1.165) is 53.1 Å². The third-order valence-corrected chi connectivity index (χ3v) is 5.52. The molecule has 0 spiro atoms. The molecule has 1 saturated heterocycles. The van der Waals surface area contributed by atoms with Crippen molar-refractivity contribution in [3.05, 3.63) is 58.3 Å². The molecule has 142 valence electrons. The first-order valence-corrected chi connectivity index (χ1v) is 9.50. The van der Waals surface area contributed by atoms with Gasteiger partial charge in [-0.15, -0.1) is 0 Å². The maximum atomic E-state index is 13.0. The zero-order valence-electron chi connectivity index (χ0n) is 15.9. The zero-order valence-corrected chi connectivity index (χ0v) is 15.9. The number of pyridine rings is 1. The number of nitrogens with one attached hydrogen (secondary N) is 1. The minimum absolute atomic E-state index is 0.0277. The summed E-state index contributed by atoms with van der Waals surface area (Å²) in [6.07, 6.45) is 4.74. The molecule has 5 rings (SSSR count). The van der Waals surface area contributed by atoms with Crippen molar-refractivity contribution < 1.29 is 0 Å². The van der Waals surface area contributed by atoms with Crippen molar-refractivity contribution in [1.29, 1.82) is 0 Å². The number of rotatable bonds is 2. The van der Waals surface area contributed by atoms with Gasteiger partial charge in [0.05, 0.1) is 29.0 Å². The lowest BCUT2D eigenvalue weighted by Crippen LogP contribution is -2.26. The number of fused-ring (bicyclic) bond motifs is 2. The molecule has 0 aliphatic carbocycles. The summed E-state index contributed by atoms with van der Waals surface area (Å²) in [4.78, 5) is 17.5. The smallest absolute Gasteiger partial charge is 0.260 e. The molecular weight excluding hydrogens is 352 g/mol. The third-order valence-electron chi connectivity index (χ3n) is 5.52. The van der Waals surface area contributed by atoms with Crippen LogP contribution in [0.25, 0.3) is 27.7 Å². The Morgan fingerprint density at radius 1 is 1.25 bits per heavy atom. The average Bonchev–Trinajstić information content (AvgIpc) is 3.31. The predicted octanol–water partition coefficient (Wildman–Crippen LogP) is 2.44. The Kier molecular flexibility index (Phi) is 3.73. The van der Waals surface area contributed by atoms with E-state index in [0.29, 0.717) is 11.1 Å². The van der Waals surface area contributed by atoms with Crippen molar-refractivity contribution in [2.24, 2.45) is 0 Å². The van der Waals surface area contributed by atoms with Crippen LogP contribution in [0.5, 0.6) is 0 Å². The predicted molar refractivity (Wildman–Crippen MR) is 111 cm³/mol. The van der Waals surface area contributed by atoms with Crippen LogP contribution in [0.15, 0.2) is 41.5 Å². The van der Waals surface area contributed by atoms with Gasteiger partial charge in [0.2, 0.25) is 0 Å². The molecule has 4 aromatic rings. The summed E-state index contributed by atoms with van der Waals surface area (Å²) >= 11 is 0. The van der Waals surface area contributed by atoms with E-state index in [4.69, 9.17) is 5.73 Å². The van der Waals surface area contributed by atoms with Crippen LogP contribution in [-0.2, 0) is 0 Å². The molecule has 7 nitrogen and oxygen atoms in total. The number of imidazole rings is 1. The molecule has 3 aromatic heterocycles. The Bertz CT molecular complexity index is 1280. The first-order valence-electron chi connectivity index (χ1n) is 9.50. The lowest BCUT2D eigenvalue weighted by atomic mass is 10.0. The van der Waals surface area contributed by atoms with E-state index in [2.05, 4.69) is 15.4 Å². The quantitative estimate of drug-likeness (QED) is 0.526. The van der Waals surface area contributed by atoms with E-state index in [1.165, 1.54) is 0 Å². The van der Waals surface area contributed by atoms with Crippen molar-refractivity contribution in [2.75, 3.05) is 18.8 Å². The van der Waals surface area contributed by atoms with Gasteiger partial charge in [-0.05, 0) is 62.0 Å². The standard InChI is InChI=1S/C21H22N6O/c1-12-7-18(25-27-11-13(2)24-20(12)27)15-8-14-4-6-26(16-3-5-23-10-16)21(28)19(14)17(22)9-15/h4,6-9,11,16,23H,3,5,10,22H2,1-2H3/t16-/m1/s1. The monoisotopic (exact) mass is 374 g/mol. The van der Waals surface area contributed by atoms with Crippen LogP contribution >= 0.6 is 0 Å². The molecule has 7 heteroatoms. The molecule has 0 bridgehead atoms. The molecule has 0 radical (unpaired) electrons. The van der Waals surface area contributed by atoms with Crippen molar-refractivity contribution in [2.45, 2.75) is 26.3 Å². The van der Waals surface area contributed by atoms with Gasteiger partial charge in [0.15, 0.2) is 5.65 Å². The molecule has 1 atom stereocenters. The molecule has 28 heavy (non-hydrogen) atoms. The third kappa shape index (κ3) is 2.58. The number of hydrogen-bond acceptors (Lipinski definition) is 5. The zero-order chi connectivity index (χ0) is 19.4. The number of nitrogens with two attached hydrogens (primary N) is 1. The maximum Gasteiger partial charge on any atom is 0.260 e. The van der Waals surface area contributed by atoms with Gasteiger partial charge in [0.1, 0.15) is 0 Å². The van der Waals surface area contributed by atoms with E-state index in [-0.39, 0.29) is 11.6 Å². The van der Waals surface area contributed by atoms with Gasteiger partial charge in [-0.25, -0.2) is 9.50 Å². The van der Waals surface area contributed by atoms with E-state index >= 15 is 0 Å². The van der Waals surface area contributed by atoms with Gasteiger partial charge in [-0.1, -0.05) is 0 Å². The molecule has 3 N–H and O–H groups in total. The highest BCUT2D eigenvalue weighted by Crippen LogP contribution is 2.28. The topological polar surface area (TPSA) is 90.2 Å². The molecule has 1 aromatic carbocycles. The van der Waals surface area contributed by atoms with Crippen LogP contribution in [0.1, 0.15) is 23.7 Å². The average molecular weight is 374 g/mol. The fourth-order valence-electron chi connectivity index (χ4n) is 4.12. The van der Waals surface area contributed by atoms with Gasteiger partial charge in [-0.3, -0.25) is 4.79 Å². The van der Waals surface area contributed by atoms with E-state index < -0.39 is 0 Å². The van der Waals surface area contributed by atoms with Crippen LogP contribution in [0.3, 0.4) is 0 Å². The fourth-order valence-corrected chi connectivity index (χ4v) is 4.12. The number of hydrogen-bond donors (Lipinski definition) is 2. The first-order chi connectivity index (χ1) is 13.5. The summed E-state index contributed by atoms with van der Waals surface area (Å²) in [6.45, 7) is 5.72. The highest BCUT2D eigenvalue weighted by molar-refractivity contribution is 5.95. The number of aromatic nitrogens is 4. The summed E-state index contributed by atoms with van der Waals surface area (Å²) in [7, 11) is 0. The van der Waals surface area contributed by atoms with Crippen LogP contribution in [-0.4, -0.2) is 32.3 Å². The van der Waals surface area contributed by atoms with Crippen molar-refractivity contribution >= 4 is 22.1 Å². The Balaban J connectivity index is 1.68. The minimum atomic E-state index is -0.0277. The lowest BCUT2D eigenvalue weighted by Gasteiger charge is -2.15. The van der Waals surface area contributed by atoms with Gasteiger partial charge in [0.25, 0.3) is 5.56 Å². The largest absolute Gasteiger partial charge is 0.398 e. The second-order valence-corrected chi connectivity index (χ2v) is 7.57. The molecule has 1 fully saturated rings. The normalized spacial score (nSPS) is 17.0. The fraction of sp³-hybridized carbons (Fsp3) is 0.286. The first kappa shape index (κ1) is 16.9. The van der Waals surface area contributed by atoms with Crippen molar-refractivity contribution in [3.63, 3.8) is 0 Å². The highest BCUT2D eigenvalue weighted by Gasteiger charge is 2.19. The van der Waals surface area contributed by atoms with Gasteiger partial charge in [0, 0.05) is 24.0 Å². The second-order valence-electron chi connectivity index (χ2n) is 7.57. The Labute approximate surface area is 161 Å². The molecule has 0 amide bonds. The van der Waals surface area contributed by atoms with E-state index in [1.54, 1.807) is 9.08 Å². The summed E-state index contributed by atoms with van der Waals surface area (Å²) in [6, 6.07) is 8.00. The van der Waals surface area contributed by atoms with Crippen LogP contribution in [0.4, 0.5) is 5.69 Å². The Morgan fingerprint density at radius 2 is 2.11 bits per heavy atom. The molecule has 0 unspecified atom stereocenters. The summed E-state index contributed by atoms with van der Waals surface area (Å²) in [5.74, 6) is 0. The van der Waals surface area contributed by atoms with E-state index in [1.807, 2.05) is 50.5 Å². The summed E-state index contributed by atoms with van der Waals surface area (Å²) in [5.41, 5.74) is 11.3. The number of nitrogens with zero attached hydrogens (tertiary/aromatic N) is 4. The number of nitrogen functional groups attached to an aromatic ring is 1. The lowest BCUT2D eigenvalue weighted by molar-refractivity contribution is 0.533. The van der Waals surface area contributed by atoms with Crippen LogP contribution in [0.2, 0.25) is 0 Å². The summed E-state index contributed by atoms with van der Waals surface area (Å²) < 4.78 is 3.60. The van der Waals surface area contributed by atoms with Crippen molar-refractivity contribution in [3.8, 4) is 11.3 Å². The summed E-state index contributed by atoms with van der Waals surface area (Å²) in [5, 5.41) is 9.41. The minimum Gasteiger partial charge on any atom is -0.398 e.